The van der Waals surface area contributed by atoms with Crippen LogP contribution in [0.25, 0.3) is 0 Å². The number of nitriles is 1. The monoisotopic (exact) mass is 299 g/mol. The van der Waals surface area contributed by atoms with Crippen molar-refractivity contribution in [1.82, 2.24) is 0 Å². The van der Waals surface area contributed by atoms with Gasteiger partial charge in [-0.25, -0.2) is 0 Å². The normalized spacial score (nSPS) is 9.90. The number of nitrogen functional groups attached to an aromatic ring is 1. The summed E-state index contributed by atoms with van der Waals surface area (Å²) in [6, 6.07) is 14.2. The van der Waals surface area contributed by atoms with Crippen LogP contribution in [0.2, 0.25) is 5.02 Å². The molecule has 0 atom stereocenters. The zero-order valence-electron chi connectivity index (χ0n) is 11.3. The first kappa shape index (κ1) is 14.9. The largest absolute Gasteiger partial charge is 0.399 e. The highest BCUT2D eigenvalue weighted by Crippen LogP contribution is 2.23. The molecule has 2 rings (SSSR count). The lowest BCUT2D eigenvalue weighted by Crippen LogP contribution is -2.12. The van der Waals surface area contributed by atoms with E-state index in [2.05, 4.69) is 5.32 Å². The van der Waals surface area contributed by atoms with Crippen molar-refractivity contribution in [2.45, 2.75) is 12.8 Å². The molecule has 0 spiro atoms. The van der Waals surface area contributed by atoms with Crippen molar-refractivity contribution in [3.63, 3.8) is 0 Å². The number of nitrogens with zero attached hydrogens (tertiary/aromatic N) is 1. The molecule has 0 saturated carbocycles. The van der Waals surface area contributed by atoms with Gasteiger partial charge in [-0.05, 0) is 42.3 Å². The minimum absolute atomic E-state index is 0.149. The summed E-state index contributed by atoms with van der Waals surface area (Å²) in [4.78, 5) is 11.9. The number of amides is 1. The number of nitrogens with two attached hydrogens (primary N) is 1. The van der Waals surface area contributed by atoms with E-state index in [1.807, 2.05) is 18.2 Å². The summed E-state index contributed by atoms with van der Waals surface area (Å²) in [6.07, 6.45) is 0.943. The van der Waals surface area contributed by atoms with Gasteiger partial charge < -0.3 is 11.1 Å². The van der Waals surface area contributed by atoms with Gasteiger partial charge in [-0.2, -0.15) is 5.26 Å². The molecular formula is C16H14ClN3O. The molecule has 0 aliphatic carbocycles. The van der Waals surface area contributed by atoms with Crippen LogP contribution in [-0.2, 0) is 11.2 Å². The summed E-state index contributed by atoms with van der Waals surface area (Å²) in [5.74, 6) is -0.149. The van der Waals surface area contributed by atoms with Gasteiger partial charge in [0.05, 0.1) is 22.3 Å². The van der Waals surface area contributed by atoms with Gasteiger partial charge in [0.15, 0.2) is 0 Å². The Labute approximate surface area is 128 Å². The second-order valence-corrected chi connectivity index (χ2v) is 5.00. The maximum Gasteiger partial charge on any atom is 0.224 e. The molecule has 0 aromatic heterocycles. The van der Waals surface area contributed by atoms with Crippen molar-refractivity contribution in [2.24, 2.45) is 0 Å². The SMILES string of the molecule is N#Cc1ccc(Cl)c(NC(=O)CCc2ccc(N)cc2)c1. The van der Waals surface area contributed by atoms with Crippen molar-refractivity contribution >= 4 is 28.9 Å². The number of nitrogens with one attached hydrogen (secondary N) is 1. The van der Waals surface area contributed by atoms with Gasteiger partial charge in [0.2, 0.25) is 5.91 Å². The summed E-state index contributed by atoms with van der Waals surface area (Å²) >= 11 is 5.99. The van der Waals surface area contributed by atoms with Gasteiger partial charge in [0, 0.05) is 12.1 Å². The Hall–Kier alpha value is -2.51. The second kappa shape index (κ2) is 6.78. The number of carbonyl (C=O) groups is 1. The van der Waals surface area contributed by atoms with E-state index >= 15 is 0 Å². The average Bonchev–Trinajstić information content (AvgIpc) is 2.49. The van der Waals surface area contributed by atoms with Crippen LogP contribution in [0, 0.1) is 11.3 Å². The van der Waals surface area contributed by atoms with E-state index in [9.17, 15) is 4.79 Å². The fourth-order valence-electron chi connectivity index (χ4n) is 1.85. The lowest BCUT2D eigenvalue weighted by atomic mass is 10.1. The predicted octanol–water partition coefficient (Wildman–Crippen LogP) is 3.37. The summed E-state index contributed by atoms with van der Waals surface area (Å²) in [6.45, 7) is 0. The molecule has 0 saturated heterocycles. The molecule has 2 aromatic carbocycles. The first-order valence-electron chi connectivity index (χ1n) is 6.42. The Kier molecular flexibility index (Phi) is 4.81. The average molecular weight is 300 g/mol. The van der Waals surface area contributed by atoms with Crippen LogP contribution in [-0.4, -0.2) is 5.91 Å². The van der Waals surface area contributed by atoms with Crippen LogP contribution in [0.1, 0.15) is 17.5 Å². The third-order valence-corrected chi connectivity index (χ3v) is 3.32. The Morgan fingerprint density at radius 3 is 2.62 bits per heavy atom. The number of carbonyl (C=O) groups excluding carboxylic acids is 1. The third-order valence-electron chi connectivity index (χ3n) is 2.99. The van der Waals surface area contributed by atoms with Crippen LogP contribution in [0.4, 0.5) is 11.4 Å². The lowest BCUT2D eigenvalue weighted by molar-refractivity contribution is -0.116. The van der Waals surface area contributed by atoms with Crippen LogP contribution < -0.4 is 11.1 Å². The molecule has 0 aliphatic rings. The quantitative estimate of drug-likeness (QED) is 0.850. The topological polar surface area (TPSA) is 78.9 Å². The zero-order chi connectivity index (χ0) is 15.2. The highest BCUT2D eigenvalue weighted by Gasteiger charge is 2.07. The highest BCUT2D eigenvalue weighted by molar-refractivity contribution is 6.33. The van der Waals surface area contributed by atoms with Crippen LogP contribution in [0.3, 0.4) is 0 Å². The molecule has 5 heteroatoms. The van der Waals surface area contributed by atoms with Gasteiger partial charge in [-0.15, -0.1) is 0 Å². The number of aryl methyl sites for hydroxylation is 1. The van der Waals surface area contributed by atoms with Crippen molar-refractivity contribution in [3.8, 4) is 6.07 Å². The maximum absolute atomic E-state index is 11.9. The van der Waals surface area contributed by atoms with Crippen LogP contribution in [0.15, 0.2) is 42.5 Å². The standard InChI is InChI=1S/C16H14ClN3O/c17-14-7-3-12(10-18)9-15(14)20-16(21)8-4-11-1-5-13(19)6-2-11/h1-3,5-7,9H,4,8,19H2,(H,20,21). The number of benzene rings is 2. The molecule has 0 fully saturated rings. The van der Waals surface area contributed by atoms with Gasteiger partial charge in [-0.1, -0.05) is 23.7 Å². The molecule has 0 heterocycles. The van der Waals surface area contributed by atoms with Crippen molar-refractivity contribution in [3.05, 3.63) is 58.6 Å². The van der Waals surface area contributed by atoms with E-state index in [4.69, 9.17) is 22.6 Å². The van der Waals surface area contributed by atoms with E-state index in [1.165, 1.54) is 0 Å². The van der Waals surface area contributed by atoms with E-state index in [1.54, 1.807) is 30.3 Å². The van der Waals surface area contributed by atoms with Crippen molar-refractivity contribution < 1.29 is 4.79 Å². The first-order chi connectivity index (χ1) is 10.1. The molecule has 4 nitrogen and oxygen atoms in total. The van der Waals surface area contributed by atoms with Gasteiger partial charge in [0.25, 0.3) is 0 Å². The maximum atomic E-state index is 11.9. The first-order valence-corrected chi connectivity index (χ1v) is 6.80. The Balaban J connectivity index is 1.96. The molecule has 3 N–H and O–H groups in total. The summed E-state index contributed by atoms with van der Waals surface area (Å²) in [5, 5.41) is 12.0. The molecule has 1 amide bonds. The minimum atomic E-state index is -0.149. The predicted molar refractivity (Wildman–Crippen MR) is 84.0 cm³/mol. The Morgan fingerprint density at radius 1 is 1.24 bits per heavy atom. The van der Waals surface area contributed by atoms with Gasteiger partial charge in [-0.3, -0.25) is 4.79 Å². The number of halogens is 1. The highest BCUT2D eigenvalue weighted by atomic mass is 35.5. The summed E-state index contributed by atoms with van der Waals surface area (Å²) in [7, 11) is 0. The van der Waals surface area contributed by atoms with E-state index < -0.39 is 0 Å². The number of rotatable bonds is 4. The molecular weight excluding hydrogens is 286 g/mol. The summed E-state index contributed by atoms with van der Waals surface area (Å²) in [5.41, 5.74) is 8.25. The molecule has 0 bridgehead atoms. The number of hydrogen-bond donors (Lipinski definition) is 2. The number of anilines is 2. The van der Waals surface area contributed by atoms with Gasteiger partial charge >= 0.3 is 0 Å². The summed E-state index contributed by atoms with van der Waals surface area (Å²) < 4.78 is 0. The minimum Gasteiger partial charge on any atom is -0.399 e. The fourth-order valence-corrected chi connectivity index (χ4v) is 2.01. The fraction of sp³-hybridized carbons (Fsp3) is 0.125. The second-order valence-electron chi connectivity index (χ2n) is 4.60. The van der Waals surface area contributed by atoms with Crippen molar-refractivity contribution in [1.29, 1.82) is 5.26 Å². The zero-order valence-corrected chi connectivity index (χ0v) is 12.0. The Bertz CT molecular complexity index is 690. The van der Waals surface area contributed by atoms with E-state index in [0.29, 0.717) is 34.8 Å². The Morgan fingerprint density at radius 2 is 1.95 bits per heavy atom. The van der Waals surface area contributed by atoms with Crippen LogP contribution in [0.5, 0.6) is 0 Å². The molecule has 2 aromatic rings. The molecule has 0 unspecified atom stereocenters. The third kappa shape index (κ3) is 4.23. The lowest BCUT2D eigenvalue weighted by Gasteiger charge is -2.08. The van der Waals surface area contributed by atoms with Crippen molar-refractivity contribution in [2.75, 3.05) is 11.1 Å². The molecule has 0 aliphatic heterocycles. The molecule has 0 radical (unpaired) electrons. The smallest absolute Gasteiger partial charge is 0.224 e. The van der Waals surface area contributed by atoms with E-state index in [-0.39, 0.29) is 5.91 Å². The number of hydrogen-bond acceptors (Lipinski definition) is 3. The van der Waals surface area contributed by atoms with E-state index in [0.717, 1.165) is 5.56 Å². The molecule has 21 heavy (non-hydrogen) atoms. The molecule has 106 valence electrons. The van der Waals surface area contributed by atoms with Crippen LogP contribution >= 0.6 is 11.6 Å². The van der Waals surface area contributed by atoms with Gasteiger partial charge in [0.1, 0.15) is 0 Å².